The summed E-state index contributed by atoms with van der Waals surface area (Å²) in [7, 11) is -3.49. The maximum Gasteiger partial charge on any atom is 0.247 e. The van der Waals surface area contributed by atoms with Crippen molar-refractivity contribution in [2.24, 2.45) is 5.92 Å². The fourth-order valence-corrected chi connectivity index (χ4v) is 2.38. The first-order valence-corrected chi connectivity index (χ1v) is 5.79. The van der Waals surface area contributed by atoms with Gasteiger partial charge in [0.05, 0.1) is 12.4 Å². The first-order chi connectivity index (χ1) is 6.56. The second-order valence-corrected chi connectivity index (χ2v) is 5.01. The van der Waals surface area contributed by atoms with Crippen LogP contribution in [-0.4, -0.2) is 30.7 Å². The molecule has 1 aromatic rings. The summed E-state index contributed by atoms with van der Waals surface area (Å²) in [6.07, 6.45) is 2.73. The fraction of sp³-hybridized carbons (Fsp3) is 0.500. The van der Waals surface area contributed by atoms with Crippen LogP contribution in [0, 0.1) is 5.92 Å². The molecule has 0 saturated heterocycles. The molecule has 77 valence electrons. The fourth-order valence-electron chi connectivity index (χ4n) is 0.943. The van der Waals surface area contributed by atoms with Crippen LogP contribution >= 0.6 is 0 Å². The number of nitrogens with zero attached hydrogens (tertiary/aromatic N) is 2. The van der Waals surface area contributed by atoms with Gasteiger partial charge in [-0.3, -0.25) is 0 Å². The van der Waals surface area contributed by atoms with E-state index in [9.17, 15) is 13.5 Å². The molecule has 14 heavy (non-hydrogen) atoms. The Morgan fingerprint density at radius 3 is 2.43 bits per heavy atom. The second kappa shape index (κ2) is 4.47. The number of rotatable bonds is 4. The Hall–Kier alpha value is -1.01. The van der Waals surface area contributed by atoms with Crippen LogP contribution in [0.1, 0.15) is 6.92 Å². The third kappa shape index (κ3) is 2.74. The first-order valence-electron chi connectivity index (χ1n) is 4.14. The zero-order valence-electron chi connectivity index (χ0n) is 7.75. The Bertz CT molecular complexity index is 377. The zero-order valence-corrected chi connectivity index (χ0v) is 8.57. The Balaban J connectivity index is 2.87. The molecule has 0 amide bonds. The molecular formula is C8H11N2O3S. The van der Waals surface area contributed by atoms with E-state index >= 15 is 0 Å². The van der Waals surface area contributed by atoms with Crippen LogP contribution in [-0.2, 0) is 14.9 Å². The minimum atomic E-state index is -3.49. The van der Waals surface area contributed by atoms with Gasteiger partial charge in [0.1, 0.15) is 0 Å². The minimum Gasteiger partial charge on any atom is -0.236 e. The van der Waals surface area contributed by atoms with Crippen molar-refractivity contribution >= 4 is 9.84 Å². The van der Waals surface area contributed by atoms with Crippen molar-refractivity contribution < 1.29 is 13.5 Å². The lowest BCUT2D eigenvalue weighted by atomic mass is 10.2. The molecule has 0 saturated carbocycles. The predicted octanol–water partition coefficient (Wildman–Crippen LogP) is 0.317. The van der Waals surface area contributed by atoms with Crippen molar-refractivity contribution in [3.63, 3.8) is 0 Å². The van der Waals surface area contributed by atoms with Crippen molar-refractivity contribution in [2.45, 2.75) is 12.1 Å². The molecule has 1 heterocycles. The number of hydrogen-bond donors (Lipinski definition) is 0. The summed E-state index contributed by atoms with van der Waals surface area (Å²) in [6, 6.07) is 1.54. The van der Waals surface area contributed by atoms with Gasteiger partial charge in [0.2, 0.25) is 15.0 Å². The summed E-state index contributed by atoms with van der Waals surface area (Å²) < 4.78 is 23.1. The van der Waals surface area contributed by atoms with Gasteiger partial charge in [-0.15, -0.1) is 0 Å². The molecule has 0 N–H and O–H groups in total. The van der Waals surface area contributed by atoms with E-state index in [-0.39, 0.29) is 10.9 Å². The Morgan fingerprint density at radius 2 is 1.93 bits per heavy atom. The number of sulfone groups is 1. The van der Waals surface area contributed by atoms with Crippen molar-refractivity contribution in [3.8, 4) is 0 Å². The van der Waals surface area contributed by atoms with Gasteiger partial charge in [0.25, 0.3) is 0 Å². The van der Waals surface area contributed by atoms with Gasteiger partial charge in [0, 0.05) is 12.4 Å². The standard InChI is InChI=1S/C8H11N2O3S/c1-7(5-11)6-14(12,13)8-9-3-2-4-10-8/h2-4,7H,5-6H2,1H3. The van der Waals surface area contributed by atoms with Crippen LogP contribution in [0.25, 0.3) is 0 Å². The molecule has 0 aliphatic carbocycles. The normalized spacial score (nSPS) is 13.9. The molecule has 0 bridgehead atoms. The molecule has 1 aromatic heterocycles. The minimum absolute atomic E-state index is 0.194. The van der Waals surface area contributed by atoms with Crippen LogP contribution < -0.4 is 0 Å². The topological polar surface area (TPSA) is 79.8 Å². The Labute approximate surface area is 82.8 Å². The second-order valence-electron chi connectivity index (χ2n) is 3.08. The molecule has 0 aliphatic heterocycles. The third-order valence-electron chi connectivity index (χ3n) is 1.61. The highest BCUT2D eigenvalue weighted by atomic mass is 32.2. The van der Waals surface area contributed by atoms with Crippen LogP contribution in [0.4, 0.5) is 0 Å². The monoisotopic (exact) mass is 215 g/mol. The average molecular weight is 215 g/mol. The zero-order chi connectivity index (χ0) is 10.6. The van der Waals surface area contributed by atoms with Crippen LogP contribution in [0.15, 0.2) is 23.6 Å². The molecule has 1 rings (SSSR count). The van der Waals surface area contributed by atoms with E-state index in [1.165, 1.54) is 18.5 Å². The highest BCUT2D eigenvalue weighted by molar-refractivity contribution is 7.91. The van der Waals surface area contributed by atoms with E-state index in [0.29, 0.717) is 0 Å². The van der Waals surface area contributed by atoms with Gasteiger partial charge in [-0.25, -0.2) is 23.5 Å². The molecule has 0 spiro atoms. The van der Waals surface area contributed by atoms with Gasteiger partial charge in [-0.05, 0) is 12.0 Å². The maximum atomic E-state index is 11.5. The van der Waals surface area contributed by atoms with E-state index < -0.39 is 22.4 Å². The molecule has 1 atom stereocenters. The maximum absolute atomic E-state index is 11.5. The summed E-state index contributed by atoms with van der Waals surface area (Å²) in [5, 5.41) is 10.2. The summed E-state index contributed by atoms with van der Waals surface area (Å²) in [6.45, 7) is 1.18. The first kappa shape index (κ1) is 11.1. The van der Waals surface area contributed by atoms with Gasteiger partial charge in [-0.1, -0.05) is 6.92 Å². The Kier molecular flexibility index (Phi) is 3.54. The highest BCUT2D eigenvalue weighted by Gasteiger charge is 2.20. The average Bonchev–Trinajstić information content (AvgIpc) is 2.18. The number of aromatic nitrogens is 2. The van der Waals surface area contributed by atoms with E-state index in [2.05, 4.69) is 9.97 Å². The number of hydrogen-bond acceptors (Lipinski definition) is 4. The smallest absolute Gasteiger partial charge is 0.236 e. The summed E-state index contributed by atoms with van der Waals surface area (Å²) >= 11 is 0. The Morgan fingerprint density at radius 1 is 1.36 bits per heavy atom. The summed E-state index contributed by atoms with van der Waals surface area (Å²) in [4.78, 5) is 7.27. The van der Waals surface area contributed by atoms with Gasteiger partial charge >= 0.3 is 0 Å². The predicted molar refractivity (Wildman–Crippen MR) is 48.8 cm³/mol. The van der Waals surface area contributed by atoms with Crippen molar-refractivity contribution in [3.05, 3.63) is 18.5 Å². The van der Waals surface area contributed by atoms with Gasteiger partial charge in [-0.2, -0.15) is 0 Å². The van der Waals surface area contributed by atoms with Crippen LogP contribution in [0.2, 0.25) is 0 Å². The molecule has 0 aromatic carbocycles. The van der Waals surface area contributed by atoms with Crippen molar-refractivity contribution in [1.29, 1.82) is 0 Å². The molecule has 1 unspecified atom stereocenters. The molecule has 0 fully saturated rings. The van der Waals surface area contributed by atoms with Crippen LogP contribution in [0.5, 0.6) is 0 Å². The lowest BCUT2D eigenvalue weighted by molar-refractivity contribution is 0.159. The third-order valence-corrected chi connectivity index (χ3v) is 3.38. The molecule has 0 aliphatic rings. The summed E-state index contributed by atoms with van der Waals surface area (Å²) in [5.74, 6) is -0.607. The molecule has 6 heteroatoms. The van der Waals surface area contributed by atoms with E-state index in [1.807, 2.05) is 0 Å². The largest absolute Gasteiger partial charge is 0.247 e. The van der Waals surface area contributed by atoms with E-state index in [1.54, 1.807) is 6.92 Å². The SMILES string of the molecule is CC(C[O])CS(=O)(=O)c1ncccn1. The van der Waals surface area contributed by atoms with Crippen molar-refractivity contribution in [1.82, 2.24) is 9.97 Å². The summed E-state index contributed by atoms with van der Waals surface area (Å²) in [5.41, 5.74) is 0. The lowest BCUT2D eigenvalue weighted by Gasteiger charge is -2.05. The molecule has 1 radical (unpaired) electrons. The van der Waals surface area contributed by atoms with E-state index in [0.717, 1.165) is 0 Å². The van der Waals surface area contributed by atoms with Crippen LogP contribution in [0.3, 0.4) is 0 Å². The van der Waals surface area contributed by atoms with Gasteiger partial charge in [0.15, 0.2) is 0 Å². The van der Waals surface area contributed by atoms with Crippen molar-refractivity contribution in [2.75, 3.05) is 12.4 Å². The van der Waals surface area contributed by atoms with Gasteiger partial charge < -0.3 is 0 Å². The molecular weight excluding hydrogens is 204 g/mol. The lowest BCUT2D eigenvalue weighted by Crippen LogP contribution is -2.18. The van der Waals surface area contributed by atoms with E-state index in [4.69, 9.17) is 0 Å². The highest BCUT2D eigenvalue weighted by Crippen LogP contribution is 2.08. The quantitative estimate of drug-likeness (QED) is 0.677. The molecule has 5 nitrogen and oxygen atoms in total.